The van der Waals surface area contributed by atoms with Gasteiger partial charge in [0, 0.05) is 19.0 Å². The number of carbonyl (C=O) groups is 1. The number of amides is 1. The van der Waals surface area contributed by atoms with E-state index < -0.39 is 5.60 Å². The van der Waals surface area contributed by atoms with Gasteiger partial charge in [0.25, 0.3) is 0 Å². The number of nitrogens with zero attached hydrogens (tertiary/aromatic N) is 2. The molecule has 22 heavy (non-hydrogen) atoms. The summed E-state index contributed by atoms with van der Waals surface area (Å²) in [7, 11) is 0. The van der Waals surface area contributed by atoms with E-state index in [1.807, 2.05) is 20.8 Å². The number of rotatable bonds is 3. The van der Waals surface area contributed by atoms with E-state index in [9.17, 15) is 4.79 Å². The summed E-state index contributed by atoms with van der Waals surface area (Å²) in [5.74, 6) is 0.409. The second-order valence-electron chi connectivity index (χ2n) is 6.37. The Kier molecular flexibility index (Phi) is 5.24. The third-order valence-corrected chi connectivity index (χ3v) is 3.28. The first-order valence-corrected chi connectivity index (χ1v) is 7.62. The normalized spacial score (nSPS) is 18.9. The Morgan fingerprint density at radius 3 is 2.86 bits per heavy atom. The molecule has 0 aromatic carbocycles. The molecule has 1 aromatic heterocycles. The van der Waals surface area contributed by atoms with Crippen LogP contribution in [0.5, 0.6) is 5.88 Å². The molecule has 1 unspecified atom stereocenters. The molecule has 1 aliphatic rings. The van der Waals surface area contributed by atoms with Crippen LogP contribution in [-0.4, -0.2) is 39.5 Å². The summed E-state index contributed by atoms with van der Waals surface area (Å²) < 4.78 is 11.3. The summed E-state index contributed by atoms with van der Waals surface area (Å²) in [5.41, 5.74) is 0.00541. The molecule has 2 rings (SSSR count). The van der Waals surface area contributed by atoms with Crippen molar-refractivity contribution in [1.29, 1.82) is 0 Å². The van der Waals surface area contributed by atoms with Crippen molar-refractivity contribution in [3.8, 4) is 5.88 Å². The minimum Gasteiger partial charge on any atom is -0.453 e. The van der Waals surface area contributed by atoms with Gasteiger partial charge >= 0.3 is 6.09 Å². The lowest BCUT2D eigenvalue weighted by Gasteiger charge is -2.36. The van der Waals surface area contributed by atoms with Crippen LogP contribution in [0.25, 0.3) is 0 Å². The summed E-state index contributed by atoms with van der Waals surface area (Å²) in [6.07, 6.45) is 1.91. The van der Waals surface area contributed by atoms with Crippen molar-refractivity contribution in [1.82, 2.24) is 9.88 Å². The third kappa shape index (κ3) is 4.59. The Balaban J connectivity index is 2.07. The van der Waals surface area contributed by atoms with Gasteiger partial charge in [-0.05, 0) is 39.7 Å². The van der Waals surface area contributed by atoms with Gasteiger partial charge < -0.3 is 14.6 Å². The highest BCUT2D eigenvalue weighted by atomic mass is 16.6. The zero-order valence-corrected chi connectivity index (χ0v) is 13.4. The molecule has 6 heteroatoms. The second kappa shape index (κ2) is 6.96. The van der Waals surface area contributed by atoms with Gasteiger partial charge in [-0.2, -0.15) is 0 Å². The minimum absolute atomic E-state index is 0.141. The molecule has 0 radical (unpaired) electrons. The molecule has 6 nitrogen and oxygen atoms in total. The molecule has 0 bridgehead atoms. The van der Waals surface area contributed by atoms with Crippen molar-refractivity contribution < 1.29 is 19.4 Å². The molecule has 1 atom stereocenters. The average molecular weight is 308 g/mol. The molecule has 1 aliphatic heterocycles. The van der Waals surface area contributed by atoms with Crippen LogP contribution in [-0.2, 0) is 11.3 Å². The van der Waals surface area contributed by atoms with Crippen molar-refractivity contribution in [2.45, 2.75) is 58.5 Å². The fraction of sp³-hybridized carbons (Fsp3) is 0.625. The quantitative estimate of drug-likeness (QED) is 0.929. The second-order valence-corrected chi connectivity index (χ2v) is 6.37. The number of aliphatic hydroxyl groups excluding tert-OH is 1. The SMILES string of the molecule is CC(C)(C)OC(=O)N1CCCCC1Oc1cccc(CO)n1. The van der Waals surface area contributed by atoms with Crippen LogP contribution in [0.2, 0.25) is 0 Å². The van der Waals surface area contributed by atoms with Gasteiger partial charge in [0.2, 0.25) is 5.88 Å². The number of pyridine rings is 1. The monoisotopic (exact) mass is 308 g/mol. The van der Waals surface area contributed by atoms with Crippen LogP contribution in [0.4, 0.5) is 4.79 Å². The van der Waals surface area contributed by atoms with Gasteiger partial charge in [0.15, 0.2) is 6.23 Å². The summed E-state index contributed by atoms with van der Waals surface area (Å²) in [6.45, 7) is 6.00. The average Bonchev–Trinajstić information content (AvgIpc) is 2.46. The molecular weight excluding hydrogens is 284 g/mol. The van der Waals surface area contributed by atoms with Gasteiger partial charge in [0.05, 0.1) is 12.3 Å². The van der Waals surface area contributed by atoms with Crippen molar-refractivity contribution in [3.63, 3.8) is 0 Å². The molecule has 1 fully saturated rings. The molecule has 0 spiro atoms. The van der Waals surface area contributed by atoms with Crippen LogP contribution >= 0.6 is 0 Å². The van der Waals surface area contributed by atoms with E-state index in [1.54, 1.807) is 23.1 Å². The van der Waals surface area contributed by atoms with E-state index in [4.69, 9.17) is 14.6 Å². The predicted molar refractivity (Wildman–Crippen MR) is 81.4 cm³/mol. The Morgan fingerprint density at radius 2 is 2.18 bits per heavy atom. The first-order chi connectivity index (χ1) is 10.4. The highest BCUT2D eigenvalue weighted by Gasteiger charge is 2.32. The molecular formula is C16H24N2O4. The van der Waals surface area contributed by atoms with E-state index in [0.717, 1.165) is 19.3 Å². The summed E-state index contributed by atoms with van der Waals surface area (Å²) in [4.78, 5) is 18.1. The fourth-order valence-electron chi connectivity index (χ4n) is 2.30. The maximum Gasteiger partial charge on any atom is 0.413 e. The van der Waals surface area contributed by atoms with Gasteiger partial charge in [-0.15, -0.1) is 0 Å². The maximum atomic E-state index is 12.3. The van der Waals surface area contributed by atoms with Gasteiger partial charge in [-0.25, -0.2) is 9.78 Å². The summed E-state index contributed by atoms with van der Waals surface area (Å²) in [5, 5.41) is 9.13. The molecule has 1 amide bonds. The lowest BCUT2D eigenvalue weighted by Crippen LogP contribution is -2.48. The van der Waals surface area contributed by atoms with E-state index in [0.29, 0.717) is 18.1 Å². The standard InChI is InChI=1S/C16H24N2O4/c1-16(2,3)22-15(20)18-10-5-4-9-14(18)21-13-8-6-7-12(11-19)17-13/h6-8,14,19H,4-5,9-11H2,1-3H3. The molecule has 1 aromatic rings. The zero-order valence-electron chi connectivity index (χ0n) is 13.4. The van der Waals surface area contributed by atoms with Crippen LogP contribution < -0.4 is 4.74 Å². The fourth-order valence-corrected chi connectivity index (χ4v) is 2.30. The lowest BCUT2D eigenvalue weighted by atomic mass is 10.1. The summed E-state index contributed by atoms with van der Waals surface area (Å²) in [6, 6.07) is 5.22. The molecule has 0 aliphatic carbocycles. The van der Waals surface area contributed by atoms with Crippen molar-refractivity contribution in [2.24, 2.45) is 0 Å². The number of hydrogen-bond acceptors (Lipinski definition) is 5. The van der Waals surface area contributed by atoms with Gasteiger partial charge in [0.1, 0.15) is 5.60 Å². The number of ether oxygens (including phenoxy) is 2. The molecule has 1 saturated heterocycles. The highest BCUT2D eigenvalue weighted by Crippen LogP contribution is 2.23. The van der Waals surface area contributed by atoms with Crippen LogP contribution in [0.15, 0.2) is 18.2 Å². The van der Waals surface area contributed by atoms with Crippen molar-refractivity contribution in [2.75, 3.05) is 6.54 Å². The van der Waals surface area contributed by atoms with Crippen molar-refractivity contribution in [3.05, 3.63) is 23.9 Å². The number of aromatic nitrogens is 1. The topological polar surface area (TPSA) is 71.9 Å². The first kappa shape index (κ1) is 16.5. The van der Waals surface area contributed by atoms with Crippen LogP contribution in [0.3, 0.4) is 0 Å². The number of likely N-dealkylation sites (tertiary alicyclic amines) is 1. The van der Waals surface area contributed by atoms with E-state index in [1.165, 1.54) is 0 Å². The number of aliphatic hydroxyl groups is 1. The number of carbonyl (C=O) groups excluding carboxylic acids is 1. The molecule has 122 valence electrons. The largest absolute Gasteiger partial charge is 0.453 e. The van der Waals surface area contributed by atoms with E-state index in [2.05, 4.69) is 4.98 Å². The first-order valence-electron chi connectivity index (χ1n) is 7.62. The van der Waals surface area contributed by atoms with Crippen molar-refractivity contribution >= 4 is 6.09 Å². The van der Waals surface area contributed by atoms with Gasteiger partial charge in [-0.1, -0.05) is 6.07 Å². The van der Waals surface area contributed by atoms with E-state index >= 15 is 0 Å². The predicted octanol–water partition coefficient (Wildman–Crippen LogP) is 2.70. The zero-order chi connectivity index (χ0) is 16.2. The smallest absolute Gasteiger partial charge is 0.413 e. The van der Waals surface area contributed by atoms with Crippen LogP contribution in [0.1, 0.15) is 45.7 Å². The molecule has 0 saturated carbocycles. The Bertz CT molecular complexity index is 513. The molecule has 2 heterocycles. The van der Waals surface area contributed by atoms with E-state index in [-0.39, 0.29) is 18.9 Å². The summed E-state index contributed by atoms with van der Waals surface area (Å²) >= 11 is 0. The Morgan fingerprint density at radius 1 is 1.41 bits per heavy atom. The Labute approximate surface area is 131 Å². The van der Waals surface area contributed by atoms with Crippen LogP contribution in [0, 0.1) is 0 Å². The minimum atomic E-state index is -0.534. The number of piperidine rings is 1. The highest BCUT2D eigenvalue weighted by molar-refractivity contribution is 5.68. The maximum absolute atomic E-state index is 12.3. The Hall–Kier alpha value is -1.82. The lowest BCUT2D eigenvalue weighted by molar-refractivity contribution is -0.0357. The molecule has 1 N–H and O–H groups in total. The third-order valence-electron chi connectivity index (χ3n) is 3.28. The van der Waals surface area contributed by atoms with Gasteiger partial charge in [-0.3, -0.25) is 4.90 Å². The number of hydrogen-bond donors (Lipinski definition) is 1.